The molecule has 0 unspecified atom stereocenters. The van der Waals surface area contributed by atoms with Crippen LogP contribution in [0.1, 0.15) is 15.9 Å². The zero-order valence-corrected chi connectivity index (χ0v) is 20.4. The molecule has 10 heteroatoms. The molecule has 0 fully saturated rings. The van der Waals surface area contributed by atoms with Gasteiger partial charge in [-0.1, -0.05) is 41.9 Å². The van der Waals surface area contributed by atoms with Gasteiger partial charge in [-0.15, -0.1) is 11.8 Å². The van der Waals surface area contributed by atoms with Crippen LogP contribution in [0, 0.1) is 0 Å². The quantitative estimate of drug-likeness (QED) is 0.256. The van der Waals surface area contributed by atoms with E-state index in [1.807, 2.05) is 35.0 Å². The Morgan fingerprint density at radius 3 is 2.39 bits per heavy atom. The number of carbonyl (C=O) groups is 2. The molecule has 0 atom stereocenters. The molecule has 2 N–H and O–H groups in total. The first-order valence-corrected chi connectivity index (χ1v) is 12.3. The van der Waals surface area contributed by atoms with Gasteiger partial charge in [0, 0.05) is 45.7 Å². The third-order valence-electron chi connectivity index (χ3n) is 5.36. The second-order valence-electron chi connectivity index (χ2n) is 7.85. The number of fused-ring (bicyclic) bond motifs is 1. The van der Waals surface area contributed by atoms with Gasteiger partial charge in [-0.2, -0.15) is 13.2 Å². The van der Waals surface area contributed by atoms with Crippen LogP contribution in [0.4, 0.5) is 18.9 Å². The molecule has 2 amide bonds. The van der Waals surface area contributed by atoms with Crippen LogP contribution in [0.15, 0.2) is 83.9 Å². The summed E-state index contributed by atoms with van der Waals surface area (Å²) in [4.78, 5) is 25.6. The smallest absolute Gasteiger partial charge is 0.350 e. The Morgan fingerprint density at radius 1 is 0.944 bits per heavy atom. The Hall–Kier alpha value is -3.43. The van der Waals surface area contributed by atoms with Crippen LogP contribution >= 0.6 is 23.4 Å². The highest BCUT2D eigenvalue weighted by Crippen LogP contribution is 2.35. The van der Waals surface area contributed by atoms with Gasteiger partial charge < -0.3 is 15.2 Å². The van der Waals surface area contributed by atoms with Gasteiger partial charge in [-0.25, -0.2) is 0 Å². The molecule has 36 heavy (non-hydrogen) atoms. The maximum Gasteiger partial charge on any atom is 0.418 e. The van der Waals surface area contributed by atoms with Gasteiger partial charge in [0.25, 0.3) is 5.91 Å². The van der Waals surface area contributed by atoms with E-state index in [9.17, 15) is 22.8 Å². The zero-order chi connectivity index (χ0) is 25.7. The number of nitrogens with one attached hydrogen (secondary N) is 2. The molecule has 0 aliphatic rings. The highest BCUT2D eigenvalue weighted by atomic mass is 35.5. The number of nitrogens with zero attached hydrogens (tertiary/aromatic N) is 1. The van der Waals surface area contributed by atoms with Crippen LogP contribution in [0.3, 0.4) is 0 Å². The predicted octanol–water partition coefficient (Wildman–Crippen LogP) is 6.47. The van der Waals surface area contributed by atoms with Crippen LogP contribution in [0.5, 0.6) is 0 Å². The molecule has 3 aromatic carbocycles. The number of benzene rings is 3. The van der Waals surface area contributed by atoms with Gasteiger partial charge in [-0.05, 0) is 42.5 Å². The molecule has 0 saturated heterocycles. The van der Waals surface area contributed by atoms with E-state index in [1.165, 1.54) is 30.0 Å². The molecule has 1 heterocycles. The Balaban J connectivity index is 1.40. The monoisotopic (exact) mass is 531 g/mol. The van der Waals surface area contributed by atoms with Gasteiger partial charge in [0.05, 0.1) is 17.0 Å². The lowest BCUT2D eigenvalue weighted by molar-refractivity contribution is -0.137. The largest absolute Gasteiger partial charge is 0.418 e. The fourth-order valence-corrected chi connectivity index (χ4v) is 4.69. The third kappa shape index (κ3) is 6.22. The standard InChI is InChI=1S/C26H21ClF3N3O2S/c27-18-11-9-17(10-12-18)25(35)31-13-14-33-15-23(19-5-1-4-8-22(19)33)36-16-24(34)32-21-7-3-2-6-20(21)26(28,29)30/h1-12,15H,13-14,16H2,(H,31,35)(H,32,34). The molecule has 0 spiro atoms. The Morgan fingerprint density at radius 2 is 1.64 bits per heavy atom. The normalized spacial score (nSPS) is 11.4. The number of halogens is 4. The lowest BCUT2D eigenvalue weighted by Crippen LogP contribution is -2.27. The van der Waals surface area contributed by atoms with E-state index in [4.69, 9.17) is 11.6 Å². The van der Waals surface area contributed by atoms with E-state index in [2.05, 4.69) is 10.6 Å². The fourth-order valence-electron chi connectivity index (χ4n) is 3.68. The number of anilines is 1. The van der Waals surface area contributed by atoms with Crippen LogP contribution in [0.25, 0.3) is 10.9 Å². The molecule has 0 bridgehead atoms. The summed E-state index contributed by atoms with van der Waals surface area (Å²) in [6, 6.07) is 19.1. The topological polar surface area (TPSA) is 63.1 Å². The summed E-state index contributed by atoms with van der Waals surface area (Å²) >= 11 is 7.10. The number of hydrogen-bond donors (Lipinski definition) is 2. The van der Waals surface area contributed by atoms with Crippen molar-refractivity contribution < 1.29 is 22.8 Å². The molecule has 186 valence electrons. The molecular formula is C26H21ClF3N3O2S. The van der Waals surface area contributed by atoms with Crippen molar-refractivity contribution in [2.24, 2.45) is 0 Å². The van der Waals surface area contributed by atoms with Gasteiger partial charge in [0.15, 0.2) is 0 Å². The summed E-state index contributed by atoms with van der Waals surface area (Å²) in [5.41, 5.74) is 0.268. The first-order chi connectivity index (χ1) is 17.2. The van der Waals surface area contributed by atoms with Gasteiger partial charge in [0.2, 0.25) is 5.91 Å². The van der Waals surface area contributed by atoms with Crippen molar-refractivity contribution in [3.8, 4) is 0 Å². The van der Waals surface area contributed by atoms with Crippen molar-refractivity contribution in [1.82, 2.24) is 9.88 Å². The molecule has 0 radical (unpaired) electrons. The van der Waals surface area contributed by atoms with Crippen molar-refractivity contribution >= 4 is 51.8 Å². The van der Waals surface area contributed by atoms with Gasteiger partial charge in [0.1, 0.15) is 0 Å². The average molecular weight is 532 g/mol. The SMILES string of the molecule is O=C(CSc1cn(CCNC(=O)c2ccc(Cl)cc2)c2ccccc12)Nc1ccccc1C(F)(F)F. The zero-order valence-electron chi connectivity index (χ0n) is 18.8. The minimum absolute atomic E-state index is 0.0620. The van der Waals surface area contributed by atoms with Crippen LogP contribution < -0.4 is 10.6 Å². The number of alkyl halides is 3. The van der Waals surface area contributed by atoms with Crippen molar-refractivity contribution in [2.45, 2.75) is 17.6 Å². The highest BCUT2D eigenvalue weighted by Gasteiger charge is 2.33. The van der Waals surface area contributed by atoms with Gasteiger partial charge >= 0.3 is 6.18 Å². The number of para-hydroxylation sites is 2. The fraction of sp³-hybridized carbons (Fsp3) is 0.154. The minimum Gasteiger partial charge on any atom is -0.350 e. The first-order valence-electron chi connectivity index (χ1n) is 10.9. The highest BCUT2D eigenvalue weighted by molar-refractivity contribution is 8.00. The van der Waals surface area contributed by atoms with E-state index in [0.29, 0.717) is 23.7 Å². The molecule has 0 saturated carbocycles. The van der Waals surface area contributed by atoms with E-state index in [1.54, 1.807) is 24.3 Å². The van der Waals surface area contributed by atoms with Crippen molar-refractivity contribution in [1.29, 1.82) is 0 Å². The number of hydrogen-bond acceptors (Lipinski definition) is 3. The number of thioether (sulfide) groups is 1. The summed E-state index contributed by atoms with van der Waals surface area (Å²) in [7, 11) is 0. The molecule has 0 aliphatic heterocycles. The predicted molar refractivity (Wildman–Crippen MR) is 137 cm³/mol. The van der Waals surface area contributed by atoms with Crippen LogP contribution in [-0.4, -0.2) is 28.7 Å². The number of carbonyl (C=O) groups excluding carboxylic acids is 2. The molecule has 5 nitrogen and oxygen atoms in total. The molecule has 0 aliphatic carbocycles. The van der Waals surface area contributed by atoms with E-state index >= 15 is 0 Å². The molecule has 4 rings (SSSR count). The summed E-state index contributed by atoms with van der Waals surface area (Å²) in [6.45, 7) is 0.866. The summed E-state index contributed by atoms with van der Waals surface area (Å²) < 4.78 is 41.6. The third-order valence-corrected chi connectivity index (χ3v) is 6.66. The van der Waals surface area contributed by atoms with Crippen molar-refractivity contribution in [3.05, 3.63) is 95.1 Å². The summed E-state index contributed by atoms with van der Waals surface area (Å²) in [6.07, 6.45) is -2.69. The number of rotatable bonds is 8. The Kier molecular flexibility index (Phi) is 7.91. The summed E-state index contributed by atoms with van der Waals surface area (Å²) in [5, 5.41) is 6.70. The second-order valence-corrected chi connectivity index (χ2v) is 9.30. The molecular weight excluding hydrogens is 511 g/mol. The Bertz CT molecular complexity index is 1390. The first kappa shape index (κ1) is 25.7. The molecule has 4 aromatic rings. The lowest BCUT2D eigenvalue weighted by Gasteiger charge is -2.13. The molecule has 1 aromatic heterocycles. The van der Waals surface area contributed by atoms with Crippen LogP contribution in [0.2, 0.25) is 5.02 Å². The maximum atomic E-state index is 13.2. The average Bonchev–Trinajstić information content (AvgIpc) is 3.20. The minimum atomic E-state index is -4.56. The van der Waals surface area contributed by atoms with Crippen molar-refractivity contribution in [2.75, 3.05) is 17.6 Å². The second kappa shape index (κ2) is 11.1. The number of aromatic nitrogens is 1. The van der Waals surface area contributed by atoms with E-state index in [0.717, 1.165) is 21.9 Å². The van der Waals surface area contributed by atoms with Crippen molar-refractivity contribution in [3.63, 3.8) is 0 Å². The van der Waals surface area contributed by atoms with E-state index < -0.39 is 17.6 Å². The summed E-state index contributed by atoms with van der Waals surface area (Å²) in [5.74, 6) is -0.815. The maximum absolute atomic E-state index is 13.2. The van der Waals surface area contributed by atoms with Gasteiger partial charge in [-0.3, -0.25) is 9.59 Å². The Labute approximate surface area is 214 Å². The van der Waals surface area contributed by atoms with E-state index in [-0.39, 0.29) is 17.3 Å². The number of amides is 2. The lowest BCUT2D eigenvalue weighted by atomic mass is 10.1. The van der Waals surface area contributed by atoms with Crippen LogP contribution in [-0.2, 0) is 17.5 Å².